The van der Waals surface area contributed by atoms with Gasteiger partial charge in [0.2, 0.25) is 0 Å². The maximum absolute atomic E-state index is 5.69. The molecule has 5 heteroatoms. The van der Waals surface area contributed by atoms with Crippen molar-refractivity contribution in [3.8, 4) is 5.75 Å². The lowest BCUT2D eigenvalue weighted by Crippen LogP contribution is -2.33. The zero-order chi connectivity index (χ0) is 20.9. The molecule has 1 atom stereocenters. The smallest absolute Gasteiger partial charge is 0.171 e. The Morgan fingerprint density at radius 3 is 2.37 bits per heavy atom. The molecule has 0 saturated carbocycles. The summed E-state index contributed by atoms with van der Waals surface area (Å²) in [6.07, 6.45) is 1.76. The van der Waals surface area contributed by atoms with E-state index < -0.39 is 0 Å². The molecule has 1 aromatic heterocycles. The minimum absolute atomic E-state index is 0.0607. The number of thiocarbonyl (C=S) groups is 1. The molecule has 4 nitrogen and oxygen atoms in total. The molecule has 0 fully saturated rings. The van der Waals surface area contributed by atoms with Crippen molar-refractivity contribution in [2.24, 2.45) is 0 Å². The van der Waals surface area contributed by atoms with Gasteiger partial charge in [-0.15, -0.1) is 0 Å². The van der Waals surface area contributed by atoms with Crippen molar-refractivity contribution in [2.75, 3.05) is 12.4 Å². The lowest BCUT2D eigenvalue weighted by atomic mass is 9.98. The SMILES string of the molecule is COc1ccc(NC(=S)NC(c2ccccc2)c2ccc(C)cc2)c2cccnc12. The van der Waals surface area contributed by atoms with Gasteiger partial charge in [-0.3, -0.25) is 4.98 Å². The van der Waals surface area contributed by atoms with Gasteiger partial charge in [0.05, 0.1) is 13.2 Å². The molecule has 0 saturated heterocycles. The largest absolute Gasteiger partial charge is 0.494 e. The maximum Gasteiger partial charge on any atom is 0.171 e. The molecule has 1 heterocycles. The number of anilines is 1. The van der Waals surface area contributed by atoms with Gasteiger partial charge in [-0.05, 0) is 54.5 Å². The molecule has 0 aliphatic heterocycles. The van der Waals surface area contributed by atoms with Crippen LogP contribution >= 0.6 is 12.2 Å². The van der Waals surface area contributed by atoms with E-state index >= 15 is 0 Å². The van der Waals surface area contributed by atoms with Gasteiger partial charge in [-0.25, -0.2) is 0 Å². The van der Waals surface area contributed by atoms with Crippen molar-refractivity contribution < 1.29 is 4.74 Å². The first-order valence-electron chi connectivity index (χ1n) is 9.76. The lowest BCUT2D eigenvalue weighted by Gasteiger charge is -2.22. The molecule has 2 N–H and O–H groups in total. The summed E-state index contributed by atoms with van der Waals surface area (Å²) in [6.45, 7) is 2.09. The molecular weight excluding hydrogens is 390 g/mol. The van der Waals surface area contributed by atoms with Gasteiger partial charge in [0.15, 0.2) is 5.11 Å². The third-order valence-electron chi connectivity index (χ3n) is 5.02. The predicted octanol–water partition coefficient (Wildman–Crippen LogP) is 5.63. The standard InChI is InChI=1S/C25H23N3OS/c1-17-10-12-19(13-11-17)23(18-7-4-3-5-8-18)28-25(30)27-21-14-15-22(29-2)24-20(21)9-6-16-26-24/h3-16,23H,1-2H3,(H2,27,28,30). The number of rotatable bonds is 5. The lowest BCUT2D eigenvalue weighted by molar-refractivity contribution is 0.419. The molecular formula is C25H23N3OS. The van der Waals surface area contributed by atoms with Gasteiger partial charge < -0.3 is 15.4 Å². The average Bonchev–Trinajstić information content (AvgIpc) is 2.79. The number of methoxy groups -OCH3 is 1. The summed E-state index contributed by atoms with van der Waals surface area (Å²) in [6, 6.07) is 26.5. The second kappa shape index (κ2) is 8.93. The van der Waals surface area contributed by atoms with Crippen LogP contribution in [-0.2, 0) is 0 Å². The Labute approximate surface area is 181 Å². The van der Waals surface area contributed by atoms with E-state index in [4.69, 9.17) is 17.0 Å². The van der Waals surface area contributed by atoms with Crippen LogP contribution in [0.1, 0.15) is 22.7 Å². The number of benzene rings is 3. The van der Waals surface area contributed by atoms with Crippen LogP contribution in [0.25, 0.3) is 10.9 Å². The number of nitrogens with zero attached hydrogens (tertiary/aromatic N) is 1. The first-order chi connectivity index (χ1) is 14.7. The van der Waals surface area contributed by atoms with Gasteiger partial charge in [-0.1, -0.05) is 60.2 Å². The van der Waals surface area contributed by atoms with Crippen LogP contribution in [0.4, 0.5) is 5.69 Å². The third-order valence-corrected chi connectivity index (χ3v) is 5.24. The van der Waals surface area contributed by atoms with E-state index in [1.165, 1.54) is 5.56 Å². The van der Waals surface area contributed by atoms with Crippen molar-refractivity contribution >= 4 is 33.9 Å². The number of pyridine rings is 1. The molecule has 0 bridgehead atoms. The van der Waals surface area contributed by atoms with Crippen molar-refractivity contribution in [1.29, 1.82) is 0 Å². The molecule has 0 aliphatic carbocycles. The van der Waals surface area contributed by atoms with E-state index in [-0.39, 0.29) is 6.04 Å². The van der Waals surface area contributed by atoms with Gasteiger partial charge in [-0.2, -0.15) is 0 Å². The van der Waals surface area contributed by atoms with Gasteiger partial charge in [0.25, 0.3) is 0 Å². The first-order valence-corrected chi connectivity index (χ1v) is 10.2. The van der Waals surface area contributed by atoms with Crippen LogP contribution in [0, 0.1) is 6.92 Å². The summed E-state index contributed by atoms with van der Waals surface area (Å²) in [5.74, 6) is 0.733. The van der Waals surface area contributed by atoms with E-state index in [2.05, 4.69) is 58.9 Å². The molecule has 1 unspecified atom stereocenters. The number of fused-ring (bicyclic) bond motifs is 1. The van der Waals surface area contributed by atoms with Crippen molar-refractivity contribution in [1.82, 2.24) is 10.3 Å². The molecule has 150 valence electrons. The fraction of sp³-hybridized carbons (Fsp3) is 0.120. The highest BCUT2D eigenvalue weighted by molar-refractivity contribution is 7.80. The monoisotopic (exact) mass is 413 g/mol. The second-order valence-electron chi connectivity index (χ2n) is 7.07. The van der Waals surface area contributed by atoms with Crippen LogP contribution in [0.5, 0.6) is 5.75 Å². The first kappa shape index (κ1) is 19.9. The molecule has 4 aromatic rings. The highest BCUT2D eigenvalue weighted by Gasteiger charge is 2.16. The van der Waals surface area contributed by atoms with Crippen molar-refractivity contribution in [3.05, 3.63) is 102 Å². The number of hydrogen-bond donors (Lipinski definition) is 2. The van der Waals surface area contributed by atoms with Crippen LogP contribution in [0.3, 0.4) is 0 Å². The van der Waals surface area contributed by atoms with Crippen molar-refractivity contribution in [2.45, 2.75) is 13.0 Å². The highest BCUT2D eigenvalue weighted by Crippen LogP contribution is 2.30. The summed E-state index contributed by atoms with van der Waals surface area (Å²) in [5.41, 5.74) is 5.20. The Balaban J connectivity index is 1.62. The molecule has 0 amide bonds. The summed E-state index contributed by atoms with van der Waals surface area (Å²) in [5, 5.41) is 8.31. The van der Waals surface area contributed by atoms with E-state index in [9.17, 15) is 0 Å². The number of ether oxygens (including phenoxy) is 1. The van der Waals surface area contributed by atoms with E-state index in [0.717, 1.165) is 33.5 Å². The summed E-state index contributed by atoms with van der Waals surface area (Å²) >= 11 is 5.69. The number of aromatic nitrogens is 1. The molecule has 3 aromatic carbocycles. The zero-order valence-corrected chi connectivity index (χ0v) is 17.7. The predicted molar refractivity (Wildman–Crippen MR) is 127 cm³/mol. The number of hydrogen-bond acceptors (Lipinski definition) is 3. The van der Waals surface area contributed by atoms with Crippen LogP contribution in [0.2, 0.25) is 0 Å². The number of aryl methyl sites for hydroxylation is 1. The van der Waals surface area contributed by atoms with Gasteiger partial charge >= 0.3 is 0 Å². The quantitative estimate of drug-likeness (QED) is 0.415. The third kappa shape index (κ3) is 4.26. The minimum Gasteiger partial charge on any atom is -0.494 e. The highest BCUT2D eigenvalue weighted by atomic mass is 32.1. The number of nitrogens with one attached hydrogen (secondary N) is 2. The van der Waals surface area contributed by atoms with E-state index in [1.807, 2.05) is 42.5 Å². The molecule has 4 rings (SSSR count). The van der Waals surface area contributed by atoms with Crippen molar-refractivity contribution in [3.63, 3.8) is 0 Å². The second-order valence-corrected chi connectivity index (χ2v) is 7.48. The van der Waals surface area contributed by atoms with Crippen LogP contribution < -0.4 is 15.4 Å². The normalized spacial score (nSPS) is 11.7. The van der Waals surface area contributed by atoms with Gasteiger partial charge in [0.1, 0.15) is 11.3 Å². The Morgan fingerprint density at radius 2 is 1.63 bits per heavy atom. The Hall–Kier alpha value is -3.44. The Morgan fingerprint density at radius 1 is 0.900 bits per heavy atom. The van der Waals surface area contributed by atoms with Crippen LogP contribution in [0.15, 0.2) is 85.1 Å². The minimum atomic E-state index is -0.0607. The van der Waals surface area contributed by atoms with Crippen LogP contribution in [-0.4, -0.2) is 17.2 Å². The van der Waals surface area contributed by atoms with Gasteiger partial charge in [0, 0.05) is 17.3 Å². The van der Waals surface area contributed by atoms with E-state index in [0.29, 0.717) is 5.11 Å². The topological polar surface area (TPSA) is 46.2 Å². The average molecular weight is 414 g/mol. The molecule has 0 spiro atoms. The summed E-state index contributed by atoms with van der Waals surface area (Å²) < 4.78 is 5.44. The fourth-order valence-corrected chi connectivity index (χ4v) is 3.70. The maximum atomic E-state index is 5.69. The molecule has 30 heavy (non-hydrogen) atoms. The Bertz CT molecular complexity index is 1160. The Kier molecular flexibility index (Phi) is 5.91. The molecule has 0 radical (unpaired) electrons. The molecule has 0 aliphatic rings. The van der Waals surface area contributed by atoms with E-state index in [1.54, 1.807) is 13.3 Å². The summed E-state index contributed by atoms with van der Waals surface area (Å²) in [7, 11) is 1.65. The fourth-order valence-electron chi connectivity index (χ4n) is 3.47. The summed E-state index contributed by atoms with van der Waals surface area (Å²) in [4.78, 5) is 4.46. The zero-order valence-electron chi connectivity index (χ0n) is 16.9.